The molecule has 0 spiro atoms. The van der Waals surface area contributed by atoms with Gasteiger partial charge in [0.2, 0.25) is 0 Å². The second kappa shape index (κ2) is 5.19. The van der Waals surface area contributed by atoms with Gasteiger partial charge in [-0.3, -0.25) is 19.3 Å². The molecule has 0 aliphatic heterocycles. The van der Waals surface area contributed by atoms with Gasteiger partial charge in [0.1, 0.15) is 11.7 Å². The molecule has 0 saturated heterocycles. The number of aryl methyl sites for hydroxylation is 1. The van der Waals surface area contributed by atoms with Crippen molar-refractivity contribution in [3.05, 3.63) is 46.0 Å². The largest absolute Gasteiger partial charge is 0.480 e. The Balaban J connectivity index is 2.29. The minimum Gasteiger partial charge on any atom is -0.480 e. The number of carboxylic acid groups (broad SMARTS) is 1. The number of nitrogens with one attached hydrogen (secondary N) is 1. The van der Waals surface area contributed by atoms with Gasteiger partial charge in [-0.05, 0) is 25.5 Å². The van der Waals surface area contributed by atoms with Gasteiger partial charge in [0.25, 0.3) is 5.56 Å². The molecule has 1 atom stereocenters. The van der Waals surface area contributed by atoms with E-state index in [9.17, 15) is 9.59 Å². The zero-order chi connectivity index (χ0) is 14.0. The van der Waals surface area contributed by atoms with E-state index in [1.165, 1.54) is 10.5 Å². The minimum absolute atomic E-state index is 0.173. The molecular weight excluding hydrogens is 246 g/mol. The molecule has 2 rings (SSSR count). The fraction of sp³-hybridized carbons (Fsp3) is 0.308. The van der Waals surface area contributed by atoms with Crippen molar-refractivity contribution in [3.8, 4) is 0 Å². The number of rotatable bonds is 4. The van der Waals surface area contributed by atoms with E-state index in [2.05, 4.69) is 10.3 Å². The Morgan fingerprint density at radius 3 is 2.95 bits per heavy atom. The Hall–Kier alpha value is -2.21. The molecule has 0 fully saturated rings. The molecule has 0 bridgehead atoms. The van der Waals surface area contributed by atoms with Crippen molar-refractivity contribution in [1.82, 2.24) is 14.7 Å². The Kier molecular flexibility index (Phi) is 3.62. The first-order valence-corrected chi connectivity index (χ1v) is 5.92. The topological polar surface area (TPSA) is 83.7 Å². The van der Waals surface area contributed by atoms with Crippen LogP contribution in [0.3, 0.4) is 0 Å². The second-order valence-electron chi connectivity index (χ2n) is 4.46. The summed E-state index contributed by atoms with van der Waals surface area (Å²) in [6.07, 6.45) is 1.72. The van der Waals surface area contributed by atoms with Crippen LogP contribution >= 0.6 is 0 Å². The Bertz CT molecular complexity index is 678. The molecule has 0 saturated carbocycles. The number of aliphatic carboxylic acids is 1. The van der Waals surface area contributed by atoms with Gasteiger partial charge in [-0.1, -0.05) is 6.07 Å². The molecule has 0 aliphatic carbocycles. The van der Waals surface area contributed by atoms with Crippen molar-refractivity contribution in [2.24, 2.45) is 0 Å². The Morgan fingerprint density at radius 1 is 1.53 bits per heavy atom. The quantitative estimate of drug-likeness (QED) is 0.840. The van der Waals surface area contributed by atoms with Crippen molar-refractivity contribution in [3.63, 3.8) is 0 Å². The summed E-state index contributed by atoms with van der Waals surface area (Å²) in [7, 11) is 0. The van der Waals surface area contributed by atoms with Crippen molar-refractivity contribution in [2.75, 3.05) is 0 Å². The lowest BCUT2D eigenvalue weighted by atomic mass is 10.3. The fourth-order valence-corrected chi connectivity index (χ4v) is 1.69. The number of hydrogen-bond donors (Lipinski definition) is 2. The third-order valence-corrected chi connectivity index (χ3v) is 2.82. The third kappa shape index (κ3) is 2.97. The highest BCUT2D eigenvalue weighted by atomic mass is 16.4. The van der Waals surface area contributed by atoms with Crippen LogP contribution in [0.1, 0.15) is 18.2 Å². The van der Waals surface area contributed by atoms with Gasteiger partial charge < -0.3 is 5.11 Å². The summed E-state index contributed by atoms with van der Waals surface area (Å²) in [5.41, 5.74) is 1.88. The molecule has 0 radical (unpaired) electrons. The summed E-state index contributed by atoms with van der Waals surface area (Å²) in [5.74, 6) is -0.937. The van der Waals surface area contributed by atoms with E-state index in [1.807, 2.05) is 13.0 Å². The highest BCUT2D eigenvalue weighted by Crippen LogP contribution is 2.02. The number of carboxylic acids is 1. The summed E-state index contributed by atoms with van der Waals surface area (Å²) in [6, 6.07) is 4.37. The Labute approximate surface area is 109 Å². The zero-order valence-corrected chi connectivity index (χ0v) is 10.8. The van der Waals surface area contributed by atoms with Crippen LogP contribution in [0.15, 0.2) is 29.2 Å². The molecule has 0 unspecified atom stereocenters. The normalized spacial score (nSPS) is 12.5. The highest BCUT2D eigenvalue weighted by Gasteiger charge is 2.10. The van der Waals surface area contributed by atoms with Crippen LogP contribution in [-0.2, 0) is 11.3 Å². The molecule has 100 valence electrons. The van der Waals surface area contributed by atoms with Crippen LogP contribution in [0, 0.1) is 6.92 Å². The average molecular weight is 261 g/mol. The number of hydrogen-bond acceptors (Lipinski definition) is 4. The first-order chi connectivity index (χ1) is 8.97. The summed E-state index contributed by atoms with van der Waals surface area (Å²) in [5, 5.41) is 11.6. The number of aromatic nitrogens is 2. The van der Waals surface area contributed by atoms with Crippen molar-refractivity contribution >= 4 is 11.6 Å². The van der Waals surface area contributed by atoms with Crippen LogP contribution in [0.5, 0.6) is 0 Å². The predicted molar refractivity (Wildman–Crippen MR) is 70.1 cm³/mol. The van der Waals surface area contributed by atoms with Crippen molar-refractivity contribution in [2.45, 2.75) is 26.4 Å². The van der Waals surface area contributed by atoms with Gasteiger partial charge in [-0.2, -0.15) is 0 Å². The molecule has 2 heterocycles. The Morgan fingerprint density at radius 2 is 2.26 bits per heavy atom. The monoisotopic (exact) mass is 261 g/mol. The molecule has 0 amide bonds. The number of pyridine rings is 1. The molecule has 2 aromatic rings. The van der Waals surface area contributed by atoms with Gasteiger partial charge in [0.15, 0.2) is 0 Å². The summed E-state index contributed by atoms with van der Waals surface area (Å²) >= 11 is 0. The van der Waals surface area contributed by atoms with Gasteiger partial charge in [0.05, 0.1) is 5.69 Å². The lowest BCUT2D eigenvalue weighted by Crippen LogP contribution is -2.33. The third-order valence-electron chi connectivity index (χ3n) is 2.82. The molecular formula is C13H15N3O3. The first kappa shape index (κ1) is 13.2. The zero-order valence-electron chi connectivity index (χ0n) is 10.8. The van der Waals surface area contributed by atoms with Gasteiger partial charge in [0, 0.05) is 18.8 Å². The highest BCUT2D eigenvalue weighted by molar-refractivity contribution is 5.72. The number of fused-ring (bicyclic) bond motifs is 1. The molecule has 2 aromatic heterocycles. The molecule has 6 nitrogen and oxygen atoms in total. The smallest absolute Gasteiger partial charge is 0.320 e. The van der Waals surface area contributed by atoms with E-state index in [-0.39, 0.29) is 12.1 Å². The van der Waals surface area contributed by atoms with E-state index in [0.29, 0.717) is 11.3 Å². The maximum absolute atomic E-state index is 11.9. The summed E-state index contributed by atoms with van der Waals surface area (Å²) < 4.78 is 1.47. The lowest BCUT2D eigenvalue weighted by Gasteiger charge is -2.09. The summed E-state index contributed by atoms with van der Waals surface area (Å²) in [4.78, 5) is 26.9. The lowest BCUT2D eigenvalue weighted by molar-refractivity contribution is -0.139. The van der Waals surface area contributed by atoms with E-state index >= 15 is 0 Å². The molecule has 2 N–H and O–H groups in total. The van der Waals surface area contributed by atoms with Crippen LogP contribution in [0.4, 0.5) is 0 Å². The maximum Gasteiger partial charge on any atom is 0.320 e. The van der Waals surface area contributed by atoms with Crippen molar-refractivity contribution in [1.29, 1.82) is 0 Å². The van der Waals surface area contributed by atoms with Gasteiger partial charge >= 0.3 is 5.97 Å². The van der Waals surface area contributed by atoms with Crippen LogP contribution < -0.4 is 10.9 Å². The number of nitrogens with zero attached hydrogens (tertiary/aromatic N) is 2. The van der Waals surface area contributed by atoms with Crippen LogP contribution in [0.25, 0.3) is 5.65 Å². The molecule has 0 aliphatic rings. The van der Waals surface area contributed by atoms with Crippen LogP contribution in [0.2, 0.25) is 0 Å². The van der Waals surface area contributed by atoms with Crippen molar-refractivity contribution < 1.29 is 9.90 Å². The molecule has 0 aromatic carbocycles. The van der Waals surface area contributed by atoms with E-state index in [1.54, 1.807) is 19.2 Å². The number of carbonyl (C=O) groups is 1. The maximum atomic E-state index is 11.9. The second-order valence-corrected chi connectivity index (χ2v) is 4.46. The van der Waals surface area contributed by atoms with Crippen LogP contribution in [-0.4, -0.2) is 26.5 Å². The minimum atomic E-state index is -0.937. The first-order valence-electron chi connectivity index (χ1n) is 5.92. The van der Waals surface area contributed by atoms with E-state index in [0.717, 1.165) is 5.56 Å². The van der Waals surface area contributed by atoms with Gasteiger partial charge in [-0.25, -0.2) is 4.98 Å². The van der Waals surface area contributed by atoms with E-state index in [4.69, 9.17) is 5.11 Å². The summed E-state index contributed by atoms with van der Waals surface area (Å²) in [6.45, 7) is 3.68. The van der Waals surface area contributed by atoms with Gasteiger partial charge in [-0.15, -0.1) is 0 Å². The average Bonchev–Trinajstić information content (AvgIpc) is 2.36. The van der Waals surface area contributed by atoms with E-state index < -0.39 is 12.0 Å². The fourth-order valence-electron chi connectivity index (χ4n) is 1.69. The predicted octanol–water partition coefficient (Wildman–Crippen LogP) is 0.566. The SMILES string of the molecule is Cc1ccc2nc(CN[C@H](C)C(=O)O)cc(=O)n2c1. The molecule has 19 heavy (non-hydrogen) atoms. The molecule has 6 heteroatoms. The standard InChI is InChI=1S/C13H15N3O3/c1-8-3-4-11-15-10(5-12(17)16(11)7-8)6-14-9(2)13(18)19/h3-5,7,9,14H,6H2,1-2H3,(H,18,19)/t9-/m1/s1.